The highest BCUT2D eigenvalue weighted by atomic mass is 28.4. The van der Waals surface area contributed by atoms with E-state index in [4.69, 9.17) is 9.16 Å². The van der Waals surface area contributed by atoms with Crippen molar-refractivity contribution in [1.82, 2.24) is 4.90 Å². The van der Waals surface area contributed by atoms with Crippen molar-refractivity contribution in [2.75, 3.05) is 33.4 Å². The lowest BCUT2D eigenvalue weighted by Gasteiger charge is -2.42. The van der Waals surface area contributed by atoms with Crippen LogP contribution in [0.3, 0.4) is 0 Å². The quantitative estimate of drug-likeness (QED) is 0.766. The Hall–Kier alpha value is 0.0569. The van der Waals surface area contributed by atoms with Crippen LogP contribution in [-0.4, -0.2) is 63.9 Å². The van der Waals surface area contributed by atoms with Crippen LogP contribution in [0.4, 0.5) is 0 Å². The van der Waals surface area contributed by atoms with E-state index in [-0.39, 0.29) is 5.04 Å². The molecular formula is C15H33NO3Si. The second kappa shape index (κ2) is 7.36. The highest BCUT2D eigenvalue weighted by Crippen LogP contribution is 2.38. The SMILES string of the molecule is COC[C@H](O)CN1CCC[C@@H](O[Si](C)(C)C(C)(C)C)C1. The molecule has 0 saturated carbocycles. The summed E-state index contributed by atoms with van der Waals surface area (Å²) in [5.41, 5.74) is 0. The van der Waals surface area contributed by atoms with Gasteiger partial charge in [-0.05, 0) is 37.5 Å². The van der Waals surface area contributed by atoms with Crippen LogP contribution in [-0.2, 0) is 9.16 Å². The normalized spacial score (nSPS) is 23.9. The third-order valence-corrected chi connectivity index (χ3v) is 9.09. The van der Waals surface area contributed by atoms with Crippen LogP contribution in [0.1, 0.15) is 33.6 Å². The van der Waals surface area contributed by atoms with Crippen molar-refractivity contribution in [2.45, 2.75) is 64.0 Å². The van der Waals surface area contributed by atoms with Crippen LogP contribution in [0.15, 0.2) is 0 Å². The van der Waals surface area contributed by atoms with Gasteiger partial charge in [-0.1, -0.05) is 20.8 Å². The van der Waals surface area contributed by atoms with E-state index < -0.39 is 14.4 Å². The molecule has 0 radical (unpaired) electrons. The molecule has 0 aliphatic carbocycles. The van der Waals surface area contributed by atoms with Gasteiger partial charge in [0.1, 0.15) is 0 Å². The molecule has 4 nitrogen and oxygen atoms in total. The number of nitrogens with zero attached hydrogens (tertiary/aromatic N) is 1. The van der Waals surface area contributed by atoms with Crippen molar-refractivity contribution in [2.24, 2.45) is 0 Å². The highest BCUT2D eigenvalue weighted by Gasteiger charge is 2.39. The minimum atomic E-state index is -1.69. The molecule has 0 aromatic heterocycles. The Morgan fingerprint density at radius 3 is 2.55 bits per heavy atom. The van der Waals surface area contributed by atoms with Crippen LogP contribution >= 0.6 is 0 Å². The third kappa shape index (κ3) is 5.45. The van der Waals surface area contributed by atoms with Gasteiger partial charge in [0.05, 0.1) is 18.8 Å². The molecular weight excluding hydrogens is 270 g/mol. The summed E-state index contributed by atoms with van der Waals surface area (Å²) in [5, 5.41) is 10.1. The van der Waals surface area contributed by atoms with Crippen molar-refractivity contribution < 1.29 is 14.3 Å². The third-order valence-electron chi connectivity index (χ3n) is 4.56. The predicted octanol–water partition coefficient (Wildman–Crippen LogP) is 2.48. The van der Waals surface area contributed by atoms with Crippen LogP contribution in [0, 0.1) is 0 Å². The minimum absolute atomic E-state index is 0.255. The number of rotatable bonds is 6. The predicted molar refractivity (Wildman–Crippen MR) is 85.6 cm³/mol. The van der Waals surface area contributed by atoms with Crippen LogP contribution < -0.4 is 0 Å². The Kier molecular flexibility index (Phi) is 6.66. The molecule has 0 bridgehead atoms. The van der Waals surface area contributed by atoms with E-state index in [1.807, 2.05) is 0 Å². The molecule has 0 amide bonds. The summed E-state index contributed by atoms with van der Waals surface area (Å²) < 4.78 is 11.5. The number of hydrogen-bond donors (Lipinski definition) is 1. The molecule has 1 fully saturated rings. The van der Waals surface area contributed by atoms with E-state index in [1.54, 1.807) is 7.11 Å². The van der Waals surface area contributed by atoms with E-state index in [2.05, 4.69) is 38.8 Å². The molecule has 0 aromatic rings. The van der Waals surface area contributed by atoms with Crippen molar-refractivity contribution in [1.29, 1.82) is 0 Å². The van der Waals surface area contributed by atoms with Gasteiger partial charge < -0.3 is 14.3 Å². The molecule has 1 N–H and O–H groups in total. The van der Waals surface area contributed by atoms with Gasteiger partial charge in [-0.25, -0.2) is 0 Å². The number of piperidine rings is 1. The maximum atomic E-state index is 9.85. The summed E-state index contributed by atoms with van der Waals surface area (Å²) in [7, 11) is -0.0631. The fraction of sp³-hybridized carbons (Fsp3) is 1.00. The number of aliphatic hydroxyl groups is 1. The fourth-order valence-electron chi connectivity index (χ4n) is 2.41. The molecule has 1 aliphatic rings. The van der Waals surface area contributed by atoms with Gasteiger partial charge in [-0.15, -0.1) is 0 Å². The summed E-state index contributed by atoms with van der Waals surface area (Å²) >= 11 is 0. The lowest BCUT2D eigenvalue weighted by atomic mass is 10.1. The molecule has 20 heavy (non-hydrogen) atoms. The van der Waals surface area contributed by atoms with Gasteiger partial charge in [-0.2, -0.15) is 0 Å². The van der Waals surface area contributed by atoms with Crippen molar-refractivity contribution in [3.05, 3.63) is 0 Å². The fourth-order valence-corrected chi connectivity index (χ4v) is 3.79. The molecule has 5 heteroatoms. The van der Waals surface area contributed by atoms with E-state index in [1.165, 1.54) is 0 Å². The Labute approximate surface area is 125 Å². The second-order valence-corrected chi connectivity index (χ2v) is 12.3. The number of ether oxygens (including phenoxy) is 1. The Balaban J connectivity index is 2.49. The maximum Gasteiger partial charge on any atom is 0.192 e. The summed E-state index contributed by atoms with van der Waals surface area (Å²) in [6.45, 7) is 14.5. The van der Waals surface area contributed by atoms with Crippen LogP contribution in [0.5, 0.6) is 0 Å². The lowest BCUT2D eigenvalue weighted by molar-refractivity contribution is 0.0123. The first kappa shape index (κ1) is 18.1. The average molecular weight is 304 g/mol. The topological polar surface area (TPSA) is 41.9 Å². The molecule has 1 aliphatic heterocycles. The number of hydrogen-bond acceptors (Lipinski definition) is 4. The van der Waals surface area contributed by atoms with Gasteiger partial charge in [0, 0.05) is 20.2 Å². The standard InChI is InChI=1S/C15H33NO3Si/c1-15(2,3)20(5,6)19-14-8-7-9-16(11-14)10-13(17)12-18-4/h13-14,17H,7-12H2,1-6H3/t13-,14-/m1/s1. The Morgan fingerprint density at radius 2 is 2.00 bits per heavy atom. The molecule has 120 valence electrons. The van der Waals surface area contributed by atoms with Gasteiger partial charge in [0.2, 0.25) is 0 Å². The molecule has 1 saturated heterocycles. The molecule has 0 spiro atoms. The smallest absolute Gasteiger partial charge is 0.192 e. The summed E-state index contributed by atoms with van der Waals surface area (Å²) in [5.74, 6) is 0. The summed E-state index contributed by atoms with van der Waals surface area (Å²) in [4.78, 5) is 2.31. The molecule has 0 unspecified atom stereocenters. The van der Waals surface area contributed by atoms with Crippen molar-refractivity contribution >= 4 is 8.32 Å². The zero-order valence-electron chi connectivity index (χ0n) is 14.1. The molecule has 1 rings (SSSR count). The van der Waals surface area contributed by atoms with Crippen molar-refractivity contribution in [3.63, 3.8) is 0 Å². The summed E-state index contributed by atoms with van der Waals surface area (Å²) in [6.07, 6.45) is 2.22. The lowest BCUT2D eigenvalue weighted by Crippen LogP contribution is -2.50. The van der Waals surface area contributed by atoms with E-state index in [9.17, 15) is 5.11 Å². The minimum Gasteiger partial charge on any atom is -0.413 e. The number of aliphatic hydroxyl groups excluding tert-OH is 1. The highest BCUT2D eigenvalue weighted by molar-refractivity contribution is 6.74. The van der Waals surface area contributed by atoms with Crippen LogP contribution in [0.2, 0.25) is 18.1 Å². The van der Waals surface area contributed by atoms with E-state index >= 15 is 0 Å². The van der Waals surface area contributed by atoms with E-state index in [0.29, 0.717) is 19.3 Å². The number of β-amino-alcohol motifs (C(OH)–C–C–N with tert-alkyl or cyclic N) is 1. The molecule has 2 atom stereocenters. The Bertz CT molecular complexity index is 291. The van der Waals surface area contributed by atoms with Gasteiger partial charge in [0.25, 0.3) is 0 Å². The maximum absolute atomic E-state index is 9.85. The first-order chi connectivity index (χ1) is 9.15. The Morgan fingerprint density at radius 1 is 1.35 bits per heavy atom. The largest absolute Gasteiger partial charge is 0.413 e. The molecule has 1 heterocycles. The van der Waals surface area contributed by atoms with Gasteiger partial charge in [-0.3, -0.25) is 4.90 Å². The van der Waals surface area contributed by atoms with Crippen LogP contribution in [0.25, 0.3) is 0 Å². The zero-order valence-corrected chi connectivity index (χ0v) is 15.1. The zero-order chi connectivity index (χ0) is 15.4. The van der Waals surface area contributed by atoms with Gasteiger partial charge in [0.15, 0.2) is 8.32 Å². The first-order valence-electron chi connectivity index (χ1n) is 7.73. The first-order valence-corrected chi connectivity index (χ1v) is 10.6. The van der Waals surface area contributed by atoms with E-state index in [0.717, 1.165) is 25.9 Å². The number of likely N-dealkylation sites (tertiary alicyclic amines) is 1. The van der Waals surface area contributed by atoms with Crippen molar-refractivity contribution in [3.8, 4) is 0 Å². The average Bonchev–Trinajstić information content (AvgIpc) is 2.27. The molecule has 0 aromatic carbocycles. The second-order valence-electron chi connectivity index (χ2n) is 7.51. The monoisotopic (exact) mass is 303 g/mol. The summed E-state index contributed by atoms with van der Waals surface area (Å²) in [6, 6.07) is 0. The van der Waals surface area contributed by atoms with Gasteiger partial charge >= 0.3 is 0 Å². The number of methoxy groups -OCH3 is 1.